The van der Waals surface area contributed by atoms with E-state index in [4.69, 9.17) is 15.2 Å². The minimum absolute atomic E-state index is 0.0270. The zero-order chi connectivity index (χ0) is 12.5. The van der Waals surface area contributed by atoms with E-state index in [0.717, 1.165) is 19.3 Å². The van der Waals surface area contributed by atoms with E-state index in [1.807, 2.05) is 13.8 Å². The molecule has 5 nitrogen and oxygen atoms in total. The first-order valence-corrected chi connectivity index (χ1v) is 6.34. The maximum atomic E-state index is 12.1. The summed E-state index contributed by atoms with van der Waals surface area (Å²) in [6.45, 7) is 5.21. The molecule has 2 aliphatic heterocycles. The number of nitrogens with one attached hydrogen (secondary N) is 1. The molecule has 0 aromatic rings. The van der Waals surface area contributed by atoms with Gasteiger partial charge < -0.3 is 20.5 Å². The van der Waals surface area contributed by atoms with Gasteiger partial charge in [0.1, 0.15) is 6.10 Å². The predicted molar refractivity (Wildman–Crippen MR) is 63.5 cm³/mol. The lowest BCUT2D eigenvalue weighted by Gasteiger charge is -2.30. The summed E-state index contributed by atoms with van der Waals surface area (Å²) >= 11 is 0. The van der Waals surface area contributed by atoms with E-state index in [0.29, 0.717) is 13.2 Å². The Labute approximate surface area is 102 Å². The molecule has 17 heavy (non-hydrogen) atoms. The second kappa shape index (κ2) is 4.92. The normalized spacial score (nSPS) is 41.7. The van der Waals surface area contributed by atoms with Gasteiger partial charge in [-0.25, -0.2) is 0 Å². The molecule has 0 bridgehead atoms. The van der Waals surface area contributed by atoms with Crippen LogP contribution in [0.2, 0.25) is 0 Å². The summed E-state index contributed by atoms with van der Waals surface area (Å²) in [6, 6.07) is 0. The molecule has 0 saturated carbocycles. The van der Waals surface area contributed by atoms with Crippen LogP contribution in [0.4, 0.5) is 0 Å². The Morgan fingerprint density at radius 1 is 1.53 bits per heavy atom. The highest BCUT2D eigenvalue weighted by atomic mass is 16.5. The Morgan fingerprint density at radius 3 is 2.82 bits per heavy atom. The molecule has 2 heterocycles. The summed E-state index contributed by atoms with van der Waals surface area (Å²) in [7, 11) is 0. The molecule has 0 spiro atoms. The van der Waals surface area contributed by atoms with Crippen LogP contribution in [0.5, 0.6) is 0 Å². The van der Waals surface area contributed by atoms with E-state index in [-0.39, 0.29) is 29.8 Å². The van der Waals surface area contributed by atoms with Crippen molar-refractivity contribution in [2.24, 2.45) is 5.73 Å². The van der Waals surface area contributed by atoms with Crippen molar-refractivity contribution in [3.8, 4) is 0 Å². The number of nitrogens with two attached hydrogens (primary N) is 1. The minimum atomic E-state index is -0.340. The van der Waals surface area contributed by atoms with Gasteiger partial charge in [-0.15, -0.1) is 0 Å². The lowest BCUT2D eigenvalue weighted by Crippen LogP contribution is -2.53. The van der Waals surface area contributed by atoms with Crippen LogP contribution < -0.4 is 11.1 Å². The summed E-state index contributed by atoms with van der Waals surface area (Å²) in [6.07, 6.45) is 2.24. The molecule has 2 fully saturated rings. The first-order chi connectivity index (χ1) is 8.05. The maximum Gasteiger partial charge on any atom is 0.249 e. The fraction of sp³-hybridized carbons (Fsp3) is 0.917. The SMILES string of the molecule is CC1OCCC1(C)NC(=O)C1CCC(CN)O1. The van der Waals surface area contributed by atoms with Crippen molar-refractivity contribution >= 4 is 5.91 Å². The molecule has 1 amide bonds. The standard InChI is InChI=1S/C12H22N2O3/c1-8-12(2,5-6-16-8)14-11(15)10-4-3-9(7-13)17-10/h8-10H,3-7,13H2,1-2H3,(H,14,15). The number of rotatable bonds is 3. The first kappa shape index (κ1) is 12.8. The summed E-state index contributed by atoms with van der Waals surface area (Å²) in [4.78, 5) is 12.1. The quantitative estimate of drug-likeness (QED) is 0.740. The smallest absolute Gasteiger partial charge is 0.249 e. The highest BCUT2D eigenvalue weighted by molar-refractivity contribution is 5.81. The summed E-state index contributed by atoms with van der Waals surface area (Å²) in [5.74, 6) is -0.0270. The Kier molecular flexibility index (Phi) is 3.70. The van der Waals surface area contributed by atoms with Crippen molar-refractivity contribution in [1.29, 1.82) is 0 Å². The second-order valence-electron chi connectivity index (χ2n) is 5.23. The summed E-state index contributed by atoms with van der Waals surface area (Å²) in [5, 5.41) is 3.06. The van der Waals surface area contributed by atoms with E-state index in [9.17, 15) is 4.79 Å². The third-order valence-corrected chi connectivity index (χ3v) is 3.96. The van der Waals surface area contributed by atoms with Gasteiger partial charge in [-0.05, 0) is 33.1 Å². The molecule has 4 unspecified atom stereocenters. The lowest BCUT2D eigenvalue weighted by molar-refractivity contribution is -0.134. The lowest BCUT2D eigenvalue weighted by atomic mass is 9.94. The van der Waals surface area contributed by atoms with E-state index < -0.39 is 0 Å². The number of ether oxygens (including phenoxy) is 2. The molecule has 0 aromatic heterocycles. The van der Waals surface area contributed by atoms with Gasteiger partial charge >= 0.3 is 0 Å². The molecular formula is C12H22N2O3. The van der Waals surface area contributed by atoms with Gasteiger partial charge in [0.25, 0.3) is 0 Å². The number of hydrogen-bond acceptors (Lipinski definition) is 4. The van der Waals surface area contributed by atoms with Crippen molar-refractivity contribution in [3.63, 3.8) is 0 Å². The molecule has 5 heteroatoms. The van der Waals surface area contributed by atoms with Crippen LogP contribution in [0.25, 0.3) is 0 Å². The zero-order valence-corrected chi connectivity index (χ0v) is 10.6. The van der Waals surface area contributed by atoms with E-state index in [2.05, 4.69) is 5.32 Å². The van der Waals surface area contributed by atoms with Gasteiger partial charge in [-0.2, -0.15) is 0 Å². The molecule has 0 radical (unpaired) electrons. The van der Waals surface area contributed by atoms with Crippen molar-refractivity contribution in [3.05, 3.63) is 0 Å². The highest BCUT2D eigenvalue weighted by Crippen LogP contribution is 2.26. The average molecular weight is 242 g/mol. The van der Waals surface area contributed by atoms with Gasteiger partial charge in [-0.3, -0.25) is 4.79 Å². The van der Waals surface area contributed by atoms with E-state index >= 15 is 0 Å². The largest absolute Gasteiger partial charge is 0.376 e. The van der Waals surface area contributed by atoms with Gasteiger partial charge in [0.05, 0.1) is 17.7 Å². The Balaban J connectivity index is 1.89. The summed E-state index contributed by atoms with van der Waals surface area (Å²) in [5.41, 5.74) is 5.27. The van der Waals surface area contributed by atoms with Gasteiger partial charge in [0.15, 0.2) is 0 Å². The van der Waals surface area contributed by atoms with Crippen LogP contribution in [0.3, 0.4) is 0 Å². The molecule has 4 atom stereocenters. The van der Waals surface area contributed by atoms with Gasteiger partial charge in [0.2, 0.25) is 5.91 Å². The molecule has 3 N–H and O–H groups in total. The molecule has 2 aliphatic rings. The highest BCUT2D eigenvalue weighted by Gasteiger charge is 2.40. The van der Waals surface area contributed by atoms with Crippen LogP contribution in [0.1, 0.15) is 33.1 Å². The topological polar surface area (TPSA) is 73.6 Å². The summed E-state index contributed by atoms with van der Waals surface area (Å²) < 4.78 is 11.1. The minimum Gasteiger partial charge on any atom is -0.376 e. The van der Waals surface area contributed by atoms with Crippen LogP contribution in [0.15, 0.2) is 0 Å². The third kappa shape index (κ3) is 2.61. The predicted octanol–water partition coefficient (Wildman–Crippen LogP) is 0.176. The third-order valence-electron chi connectivity index (χ3n) is 3.96. The number of carbonyl (C=O) groups is 1. The van der Waals surface area contributed by atoms with Crippen LogP contribution >= 0.6 is 0 Å². The second-order valence-corrected chi connectivity index (χ2v) is 5.23. The van der Waals surface area contributed by atoms with E-state index in [1.54, 1.807) is 0 Å². The van der Waals surface area contributed by atoms with Gasteiger partial charge in [-0.1, -0.05) is 0 Å². The number of amides is 1. The van der Waals surface area contributed by atoms with Crippen LogP contribution in [-0.2, 0) is 14.3 Å². The van der Waals surface area contributed by atoms with Crippen LogP contribution in [0, 0.1) is 0 Å². The average Bonchev–Trinajstić information content (AvgIpc) is 2.87. The fourth-order valence-electron chi connectivity index (χ4n) is 2.43. The molecule has 2 saturated heterocycles. The Bertz CT molecular complexity index is 297. The van der Waals surface area contributed by atoms with Crippen molar-refractivity contribution in [1.82, 2.24) is 5.32 Å². The molecule has 2 rings (SSSR count). The maximum absolute atomic E-state index is 12.1. The molecule has 0 aliphatic carbocycles. The molecular weight excluding hydrogens is 220 g/mol. The first-order valence-electron chi connectivity index (χ1n) is 6.34. The number of carbonyl (C=O) groups excluding carboxylic acids is 1. The van der Waals surface area contributed by atoms with Crippen molar-refractivity contribution < 1.29 is 14.3 Å². The Morgan fingerprint density at radius 2 is 2.29 bits per heavy atom. The van der Waals surface area contributed by atoms with Gasteiger partial charge in [0, 0.05) is 13.2 Å². The fourth-order valence-corrected chi connectivity index (χ4v) is 2.43. The van der Waals surface area contributed by atoms with Crippen molar-refractivity contribution in [2.45, 2.75) is 57.0 Å². The van der Waals surface area contributed by atoms with E-state index in [1.165, 1.54) is 0 Å². The molecule has 0 aromatic carbocycles. The zero-order valence-electron chi connectivity index (χ0n) is 10.6. The number of hydrogen-bond donors (Lipinski definition) is 2. The van der Waals surface area contributed by atoms with Crippen LogP contribution in [-0.4, -0.2) is 42.9 Å². The monoisotopic (exact) mass is 242 g/mol. The molecule has 98 valence electrons. The Hall–Kier alpha value is -0.650. The van der Waals surface area contributed by atoms with Crippen molar-refractivity contribution in [2.75, 3.05) is 13.2 Å².